The summed E-state index contributed by atoms with van der Waals surface area (Å²) in [6.07, 6.45) is 0.377. The number of likely N-dealkylation sites (N-methyl/N-ethyl adjacent to an activating group) is 1. The van der Waals surface area contributed by atoms with E-state index in [1.165, 1.54) is 5.56 Å². The Bertz CT molecular complexity index is 803. The van der Waals surface area contributed by atoms with E-state index in [1.807, 2.05) is 19.1 Å². The number of likely N-dealkylation sites (tertiary alicyclic amines) is 1. The number of β-amino-alcohol motifs (C(OH)–C–C–N with tert-alkyl or cyclic N) is 1. The van der Waals surface area contributed by atoms with Gasteiger partial charge in [-0.2, -0.15) is 0 Å². The molecule has 0 spiro atoms. The number of aryl methyl sites for hydroxylation is 1. The SMILES string of the molecule is Cc1cc(C[C@@H]2CN(Cc3ccccc3OCCN3CCN(C)CC3)C[C@@H]2O)on1. The predicted molar refractivity (Wildman–Crippen MR) is 116 cm³/mol. The van der Waals surface area contributed by atoms with Gasteiger partial charge < -0.3 is 19.3 Å². The Balaban J connectivity index is 1.28. The highest BCUT2D eigenvalue weighted by molar-refractivity contribution is 5.33. The lowest BCUT2D eigenvalue weighted by atomic mass is 10.0. The third-order valence-electron chi connectivity index (χ3n) is 6.25. The molecule has 7 heteroatoms. The third-order valence-corrected chi connectivity index (χ3v) is 6.25. The van der Waals surface area contributed by atoms with Crippen LogP contribution in [0.2, 0.25) is 0 Å². The second-order valence-corrected chi connectivity index (χ2v) is 8.76. The zero-order valence-corrected chi connectivity index (χ0v) is 18.2. The molecule has 1 N–H and O–H groups in total. The molecule has 0 radical (unpaired) electrons. The van der Waals surface area contributed by atoms with Gasteiger partial charge in [-0.25, -0.2) is 0 Å². The summed E-state index contributed by atoms with van der Waals surface area (Å²) in [6, 6.07) is 10.2. The molecular formula is C23H34N4O3. The largest absolute Gasteiger partial charge is 0.492 e. The van der Waals surface area contributed by atoms with Crippen molar-refractivity contribution in [1.82, 2.24) is 19.9 Å². The van der Waals surface area contributed by atoms with E-state index in [2.05, 4.69) is 45.1 Å². The van der Waals surface area contributed by atoms with Crippen LogP contribution in [0.1, 0.15) is 17.0 Å². The van der Waals surface area contributed by atoms with Crippen molar-refractivity contribution < 1.29 is 14.4 Å². The first-order valence-corrected chi connectivity index (χ1v) is 11.0. The minimum absolute atomic E-state index is 0.169. The molecular weight excluding hydrogens is 380 g/mol. The van der Waals surface area contributed by atoms with E-state index in [9.17, 15) is 5.11 Å². The molecule has 30 heavy (non-hydrogen) atoms. The lowest BCUT2D eigenvalue weighted by Gasteiger charge is -2.32. The first kappa shape index (κ1) is 21.3. The molecule has 2 saturated heterocycles. The number of benzene rings is 1. The van der Waals surface area contributed by atoms with Gasteiger partial charge in [-0.05, 0) is 20.0 Å². The van der Waals surface area contributed by atoms with Gasteiger partial charge in [-0.15, -0.1) is 0 Å². The first-order chi connectivity index (χ1) is 14.6. The van der Waals surface area contributed by atoms with Crippen molar-refractivity contribution >= 4 is 0 Å². The van der Waals surface area contributed by atoms with Crippen molar-refractivity contribution in [3.63, 3.8) is 0 Å². The smallest absolute Gasteiger partial charge is 0.137 e. The maximum Gasteiger partial charge on any atom is 0.137 e. The van der Waals surface area contributed by atoms with E-state index in [1.54, 1.807) is 0 Å². The van der Waals surface area contributed by atoms with Gasteiger partial charge in [0.25, 0.3) is 0 Å². The zero-order valence-electron chi connectivity index (χ0n) is 18.2. The monoisotopic (exact) mass is 414 g/mol. The highest BCUT2D eigenvalue weighted by atomic mass is 16.5. The van der Waals surface area contributed by atoms with Gasteiger partial charge in [0.1, 0.15) is 18.1 Å². The van der Waals surface area contributed by atoms with Crippen molar-refractivity contribution in [1.29, 1.82) is 0 Å². The van der Waals surface area contributed by atoms with Crippen LogP contribution in [0.4, 0.5) is 0 Å². The van der Waals surface area contributed by atoms with Gasteiger partial charge >= 0.3 is 0 Å². The van der Waals surface area contributed by atoms with Gasteiger partial charge in [0.05, 0.1) is 11.8 Å². The van der Waals surface area contributed by atoms with Gasteiger partial charge in [-0.3, -0.25) is 9.80 Å². The van der Waals surface area contributed by atoms with Crippen LogP contribution in [0.25, 0.3) is 0 Å². The van der Waals surface area contributed by atoms with Crippen LogP contribution in [0.3, 0.4) is 0 Å². The van der Waals surface area contributed by atoms with E-state index >= 15 is 0 Å². The van der Waals surface area contributed by atoms with Crippen LogP contribution in [0, 0.1) is 12.8 Å². The fourth-order valence-corrected chi connectivity index (χ4v) is 4.41. The van der Waals surface area contributed by atoms with E-state index in [0.717, 1.165) is 69.4 Å². The summed E-state index contributed by atoms with van der Waals surface area (Å²) < 4.78 is 11.5. The molecule has 0 unspecified atom stereocenters. The molecule has 1 aromatic carbocycles. The molecule has 4 rings (SSSR count). The summed E-state index contributed by atoms with van der Waals surface area (Å²) in [7, 11) is 2.18. The molecule has 0 saturated carbocycles. The Morgan fingerprint density at radius 1 is 1.13 bits per heavy atom. The van der Waals surface area contributed by atoms with Crippen molar-refractivity contribution in [2.45, 2.75) is 26.0 Å². The molecule has 3 heterocycles. The van der Waals surface area contributed by atoms with Crippen LogP contribution in [-0.4, -0.2) is 90.5 Å². The molecule has 2 aromatic rings. The molecule has 1 aromatic heterocycles. The van der Waals surface area contributed by atoms with Crippen molar-refractivity contribution in [2.75, 3.05) is 59.5 Å². The number of aliphatic hydroxyl groups is 1. The Hall–Kier alpha value is -1.93. The fourth-order valence-electron chi connectivity index (χ4n) is 4.41. The van der Waals surface area contributed by atoms with E-state index < -0.39 is 0 Å². The molecule has 0 aliphatic carbocycles. The van der Waals surface area contributed by atoms with Gasteiger partial charge in [-0.1, -0.05) is 23.4 Å². The minimum atomic E-state index is -0.347. The Labute approximate surface area is 179 Å². The van der Waals surface area contributed by atoms with Crippen LogP contribution in [0.5, 0.6) is 5.75 Å². The lowest BCUT2D eigenvalue weighted by Crippen LogP contribution is -2.45. The van der Waals surface area contributed by atoms with E-state index in [0.29, 0.717) is 13.2 Å². The minimum Gasteiger partial charge on any atom is -0.492 e. The fraction of sp³-hybridized carbons (Fsp3) is 0.609. The molecule has 7 nitrogen and oxygen atoms in total. The zero-order chi connectivity index (χ0) is 20.9. The summed E-state index contributed by atoms with van der Waals surface area (Å²) in [5, 5.41) is 14.5. The normalized spacial score (nSPS) is 23.8. The maximum absolute atomic E-state index is 10.5. The van der Waals surface area contributed by atoms with Crippen LogP contribution < -0.4 is 4.74 Å². The summed E-state index contributed by atoms with van der Waals surface area (Å²) in [5.41, 5.74) is 2.07. The highest BCUT2D eigenvalue weighted by Crippen LogP contribution is 2.26. The maximum atomic E-state index is 10.5. The Morgan fingerprint density at radius 3 is 2.70 bits per heavy atom. The quantitative estimate of drug-likeness (QED) is 0.705. The first-order valence-electron chi connectivity index (χ1n) is 11.0. The van der Waals surface area contributed by atoms with E-state index in [4.69, 9.17) is 9.26 Å². The lowest BCUT2D eigenvalue weighted by molar-refractivity contribution is 0.132. The third kappa shape index (κ3) is 5.60. The number of piperazine rings is 1. The Kier molecular flexibility index (Phi) is 7.04. The second kappa shape index (κ2) is 9.92. The number of nitrogens with zero attached hydrogens (tertiary/aromatic N) is 4. The number of hydrogen-bond donors (Lipinski definition) is 1. The Morgan fingerprint density at radius 2 is 1.93 bits per heavy atom. The summed E-state index contributed by atoms with van der Waals surface area (Å²) >= 11 is 0. The second-order valence-electron chi connectivity index (χ2n) is 8.76. The van der Waals surface area contributed by atoms with Gasteiger partial charge in [0, 0.05) is 76.3 Å². The average Bonchev–Trinajstić information content (AvgIpc) is 3.30. The number of aliphatic hydroxyl groups excluding tert-OH is 1. The molecule has 0 amide bonds. The number of rotatable bonds is 8. The highest BCUT2D eigenvalue weighted by Gasteiger charge is 2.32. The number of ether oxygens (including phenoxy) is 1. The molecule has 164 valence electrons. The average molecular weight is 415 g/mol. The summed E-state index contributed by atoms with van der Waals surface area (Å²) in [6.45, 7) is 10.4. The van der Waals surface area contributed by atoms with Gasteiger partial charge in [0.15, 0.2) is 0 Å². The molecule has 2 fully saturated rings. The molecule has 0 bridgehead atoms. The standard InChI is InChI=1S/C23H34N4O3/c1-18-13-21(30-24-18)14-20-16-27(17-22(20)28)15-19-5-3-4-6-23(19)29-12-11-26-9-7-25(2)8-10-26/h3-6,13,20,22,28H,7-12,14-17H2,1-2H3/t20-,22+/m1/s1. The van der Waals surface area contributed by atoms with Crippen LogP contribution in [-0.2, 0) is 13.0 Å². The molecule has 2 aliphatic heterocycles. The molecule has 2 atom stereocenters. The van der Waals surface area contributed by atoms with Crippen molar-refractivity contribution in [3.05, 3.63) is 47.3 Å². The molecule has 2 aliphatic rings. The van der Waals surface area contributed by atoms with Crippen molar-refractivity contribution in [3.8, 4) is 5.75 Å². The number of aromatic nitrogens is 1. The number of para-hydroxylation sites is 1. The van der Waals surface area contributed by atoms with Crippen LogP contribution >= 0.6 is 0 Å². The predicted octanol–water partition coefficient (Wildman–Crippen LogP) is 1.64. The van der Waals surface area contributed by atoms with Gasteiger partial charge in [0.2, 0.25) is 0 Å². The van der Waals surface area contributed by atoms with Crippen LogP contribution in [0.15, 0.2) is 34.9 Å². The number of hydrogen-bond acceptors (Lipinski definition) is 7. The topological polar surface area (TPSA) is 65.2 Å². The summed E-state index contributed by atoms with van der Waals surface area (Å²) in [4.78, 5) is 7.14. The summed E-state index contributed by atoms with van der Waals surface area (Å²) in [5.74, 6) is 1.98. The van der Waals surface area contributed by atoms with Crippen molar-refractivity contribution in [2.24, 2.45) is 5.92 Å². The van der Waals surface area contributed by atoms with E-state index in [-0.39, 0.29) is 12.0 Å².